The van der Waals surface area contributed by atoms with Gasteiger partial charge in [-0.25, -0.2) is 0 Å². The van der Waals surface area contributed by atoms with Gasteiger partial charge < -0.3 is 9.80 Å². The monoisotopic (exact) mass is 437 g/mol. The average Bonchev–Trinajstić information content (AvgIpc) is 3.45. The zero-order chi connectivity index (χ0) is 21.4. The summed E-state index contributed by atoms with van der Waals surface area (Å²) in [6.45, 7) is 1.92. The lowest BCUT2D eigenvalue weighted by molar-refractivity contribution is -0.138. The summed E-state index contributed by atoms with van der Waals surface area (Å²) < 4.78 is 1.98. The molecule has 5 rings (SSSR count). The Balaban J connectivity index is 1.25. The van der Waals surface area contributed by atoms with Crippen molar-refractivity contribution in [3.05, 3.63) is 65.1 Å². The highest BCUT2D eigenvalue weighted by molar-refractivity contribution is 6.30. The van der Waals surface area contributed by atoms with E-state index in [0.29, 0.717) is 36.5 Å². The minimum absolute atomic E-state index is 0.00320. The first-order valence-corrected chi connectivity index (χ1v) is 11.1. The molecule has 2 saturated heterocycles. The Hall–Kier alpha value is -2.93. The summed E-state index contributed by atoms with van der Waals surface area (Å²) in [5.74, 6) is 0.941. The molecule has 3 aromatic rings. The number of hydrogen-bond donors (Lipinski definition) is 0. The number of carbonyl (C=O) groups is 2. The Labute approximate surface area is 185 Å². The van der Waals surface area contributed by atoms with Gasteiger partial charge in [-0.1, -0.05) is 17.7 Å². The fourth-order valence-corrected chi connectivity index (χ4v) is 4.85. The lowest BCUT2D eigenvalue weighted by Crippen LogP contribution is -2.44. The average molecular weight is 438 g/mol. The Morgan fingerprint density at radius 1 is 0.935 bits per heavy atom. The number of halogens is 1. The van der Waals surface area contributed by atoms with Crippen molar-refractivity contribution in [2.75, 3.05) is 19.6 Å². The maximum Gasteiger partial charge on any atom is 0.253 e. The van der Waals surface area contributed by atoms with E-state index in [2.05, 4.69) is 10.2 Å². The van der Waals surface area contributed by atoms with Gasteiger partial charge in [-0.3, -0.25) is 14.0 Å². The number of aromatic nitrogens is 3. The van der Waals surface area contributed by atoms with Crippen molar-refractivity contribution in [1.29, 1.82) is 0 Å². The fraction of sp³-hybridized carbons (Fsp3) is 0.391. The molecule has 4 heterocycles. The van der Waals surface area contributed by atoms with Crippen LogP contribution < -0.4 is 0 Å². The van der Waals surface area contributed by atoms with Crippen LogP contribution in [0.4, 0.5) is 0 Å². The van der Waals surface area contributed by atoms with E-state index in [9.17, 15) is 9.59 Å². The largest absolute Gasteiger partial charge is 0.339 e. The molecule has 160 valence electrons. The molecule has 0 saturated carbocycles. The molecule has 2 amide bonds. The molecule has 8 heteroatoms. The number of rotatable bonds is 3. The topological polar surface area (TPSA) is 70.8 Å². The van der Waals surface area contributed by atoms with E-state index in [4.69, 9.17) is 11.6 Å². The normalized spacial score (nSPS) is 19.8. The maximum absolute atomic E-state index is 13.4. The van der Waals surface area contributed by atoms with Crippen molar-refractivity contribution < 1.29 is 9.59 Å². The second kappa shape index (κ2) is 8.30. The van der Waals surface area contributed by atoms with E-state index >= 15 is 0 Å². The predicted octanol–water partition coefficient (Wildman–Crippen LogP) is 3.60. The van der Waals surface area contributed by atoms with Crippen LogP contribution in [0.5, 0.6) is 0 Å². The quantitative estimate of drug-likeness (QED) is 0.627. The zero-order valence-corrected chi connectivity index (χ0v) is 17.9. The molecule has 2 aliphatic rings. The zero-order valence-electron chi connectivity index (χ0n) is 17.2. The van der Waals surface area contributed by atoms with Crippen molar-refractivity contribution in [2.45, 2.75) is 31.7 Å². The van der Waals surface area contributed by atoms with Crippen molar-refractivity contribution in [3.63, 3.8) is 0 Å². The van der Waals surface area contributed by atoms with Crippen molar-refractivity contribution in [2.24, 2.45) is 5.92 Å². The first kappa shape index (κ1) is 20.0. The minimum Gasteiger partial charge on any atom is -0.339 e. The molecule has 0 unspecified atom stereocenters. The molecule has 31 heavy (non-hydrogen) atoms. The van der Waals surface area contributed by atoms with E-state index in [1.807, 2.05) is 38.6 Å². The molecule has 7 nitrogen and oxygen atoms in total. The van der Waals surface area contributed by atoms with Crippen LogP contribution in [0.1, 0.15) is 47.9 Å². The summed E-state index contributed by atoms with van der Waals surface area (Å²) in [5.41, 5.74) is 1.43. The Morgan fingerprint density at radius 2 is 1.71 bits per heavy atom. The number of carbonyl (C=O) groups excluding carboxylic acids is 2. The van der Waals surface area contributed by atoms with Crippen LogP contribution in [-0.4, -0.2) is 55.8 Å². The molecule has 1 atom stereocenters. The SMILES string of the molecule is O=C(c1ccc(Cl)cc1)N1CCC(C(=O)N2CCC[C@H]2c2nnc3ccccn23)CC1. The molecule has 2 aromatic heterocycles. The lowest BCUT2D eigenvalue weighted by atomic mass is 9.94. The van der Waals surface area contributed by atoms with Gasteiger partial charge in [0, 0.05) is 42.3 Å². The van der Waals surface area contributed by atoms with Gasteiger partial charge in [-0.05, 0) is 62.1 Å². The standard InChI is InChI=1S/C23H24ClN5O2/c24-18-8-6-16(7-9-18)22(30)27-14-10-17(11-15-27)23(31)28-13-3-4-19(28)21-26-25-20-5-1-2-12-29(20)21/h1-2,5-9,12,17,19H,3-4,10-11,13-15H2/t19-/m0/s1. The van der Waals surface area contributed by atoms with E-state index in [0.717, 1.165) is 30.9 Å². The Morgan fingerprint density at radius 3 is 2.48 bits per heavy atom. The number of nitrogens with zero attached hydrogens (tertiary/aromatic N) is 5. The van der Waals surface area contributed by atoms with Crippen LogP contribution in [-0.2, 0) is 4.79 Å². The summed E-state index contributed by atoms with van der Waals surface area (Å²) in [4.78, 5) is 29.9. The van der Waals surface area contributed by atoms with E-state index in [1.54, 1.807) is 24.3 Å². The van der Waals surface area contributed by atoms with Gasteiger partial charge in [0.2, 0.25) is 5.91 Å². The van der Waals surface area contributed by atoms with Crippen LogP contribution >= 0.6 is 11.6 Å². The van der Waals surface area contributed by atoms with Gasteiger partial charge in [-0.15, -0.1) is 10.2 Å². The molecule has 0 radical (unpaired) electrons. The number of benzene rings is 1. The molecule has 0 spiro atoms. The number of pyridine rings is 1. The minimum atomic E-state index is -0.0611. The lowest BCUT2D eigenvalue weighted by Gasteiger charge is -2.34. The maximum atomic E-state index is 13.4. The van der Waals surface area contributed by atoms with Gasteiger partial charge in [0.1, 0.15) is 0 Å². The Kier molecular flexibility index (Phi) is 5.36. The molecule has 0 bridgehead atoms. The first-order chi connectivity index (χ1) is 15.1. The smallest absolute Gasteiger partial charge is 0.253 e. The molecule has 2 aliphatic heterocycles. The third kappa shape index (κ3) is 3.78. The summed E-state index contributed by atoms with van der Waals surface area (Å²) in [5, 5.41) is 9.26. The molecule has 0 N–H and O–H groups in total. The number of amides is 2. The highest BCUT2D eigenvalue weighted by Gasteiger charge is 2.38. The number of fused-ring (bicyclic) bond motifs is 1. The van der Waals surface area contributed by atoms with Crippen LogP contribution in [0.25, 0.3) is 5.65 Å². The summed E-state index contributed by atoms with van der Waals surface area (Å²) in [7, 11) is 0. The second-order valence-electron chi connectivity index (χ2n) is 8.25. The summed E-state index contributed by atoms with van der Waals surface area (Å²) in [6, 6.07) is 12.7. The second-order valence-corrected chi connectivity index (χ2v) is 8.69. The van der Waals surface area contributed by atoms with Crippen LogP contribution in [0.2, 0.25) is 5.02 Å². The van der Waals surface area contributed by atoms with Gasteiger partial charge in [0.15, 0.2) is 11.5 Å². The highest BCUT2D eigenvalue weighted by atomic mass is 35.5. The van der Waals surface area contributed by atoms with Crippen molar-refractivity contribution in [1.82, 2.24) is 24.4 Å². The predicted molar refractivity (Wildman–Crippen MR) is 117 cm³/mol. The van der Waals surface area contributed by atoms with Gasteiger partial charge in [0.05, 0.1) is 6.04 Å². The third-order valence-electron chi connectivity index (χ3n) is 6.40. The van der Waals surface area contributed by atoms with Crippen molar-refractivity contribution in [3.8, 4) is 0 Å². The van der Waals surface area contributed by atoms with Crippen LogP contribution in [0.3, 0.4) is 0 Å². The van der Waals surface area contributed by atoms with Gasteiger partial charge in [-0.2, -0.15) is 0 Å². The molecular formula is C23H24ClN5O2. The first-order valence-electron chi connectivity index (χ1n) is 10.8. The summed E-state index contributed by atoms with van der Waals surface area (Å²) >= 11 is 5.92. The van der Waals surface area contributed by atoms with E-state index < -0.39 is 0 Å². The number of piperidine rings is 1. The molecular weight excluding hydrogens is 414 g/mol. The van der Waals surface area contributed by atoms with Crippen molar-refractivity contribution >= 4 is 29.1 Å². The van der Waals surface area contributed by atoms with E-state index in [1.165, 1.54) is 0 Å². The fourth-order valence-electron chi connectivity index (χ4n) is 4.73. The van der Waals surface area contributed by atoms with Crippen LogP contribution in [0.15, 0.2) is 48.7 Å². The van der Waals surface area contributed by atoms with Gasteiger partial charge >= 0.3 is 0 Å². The van der Waals surface area contributed by atoms with E-state index in [-0.39, 0.29) is 23.8 Å². The highest BCUT2D eigenvalue weighted by Crippen LogP contribution is 2.34. The number of hydrogen-bond acceptors (Lipinski definition) is 4. The number of likely N-dealkylation sites (tertiary alicyclic amines) is 2. The molecule has 1 aromatic carbocycles. The third-order valence-corrected chi connectivity index (χ3v) is 6.65. The Bertz CT molecular complexity index is 1100. The molecule has 0 aliphatic carbocycles. The van der Waals surface area contributed by atoms with Gasteiger partial charge in [0.25, 0.3) is 5.91 Å². The summed E-state index contributed by atoms with van der Waals surface area (Å²) in [6.07, 6.45) is 5.18. The molecule has 2 fully saturated rings. The van der Waals surface area contributed by atoms with Crippen LogP contribution in [0, 0.1) is 5.92 Å².